The zero-order valence-corrected chi connectivity index (χ0v) is 8.03. The summed E-state index contributed by atoms with van der Waals surface area (Å²) in [5.74, 6) is -0.941. The monoisotopic (exact) mass is 191 g/mol. The fraction of sp³-hybridized carbons (Fsp3) is 0.182. The molecule has 3 heteroatoms. The molecule has 0 aliphatic heterocycles. The lowest BCUT2D eigenvalue weighted by molar-refractivity contribution is -0.131. The smallest absolute Gasteiger partial charge is 0.328 e. The number of aliphatic carboxylic acids is 1. The minimum absolute atomic E-state index is 0.703. The maximum Gasteiger partial charge on any atom is 0.328 e. The summed E-state index contributed by atoms with van der Waals surface area (Å²) in [6.07, 6.45) is 3.55. The van der Waals surface area contributed by atoms with Crippen molar-refractivity contribution in [3.8, 4) is 0 Å². The van der Waals surface area contributed by atoms with E-state index in [1.165, 1.54) is 0 Å². The molecule has 1 rings (SSSR count). The van der Waals surface area contributed by atoms with Crippen LogP contribution in [0.1, 0.15) is 18.1 Å². The van der Waals surface area contributed by atoms with Crippen LogP contribution >= 0.6 is 0 Å². The molecule has 0 saturated carbocycles. The van der Waals surface area contributed by atoms with Crippen LogP contribution in [-0.4, -0.2) is 11.1 Å². The largest absolute Gasteiger partial charge is 0.478 e. The van der Waals surface area contributed by atoms with Crippen molar-refractivity contribution in [1.29, 1.82) is 0 Å². The lowest BCUT2D eigenvalue weighted by atomic mass is 10.0. The number of hydrogen-bond donors (Lipinski definition) is 2. The van der Waals surface area contributed by atoms with Gasteiger partial charge in [-0.05, 0) is 35.8 Å². The van der Waals surface area contributed by atoms with Gasteiger partial charge in [-0.1, -0.05) is 13.0 Å². The first-order valence-electron chi connectivity index (χ1n) is 4.43. The first-order chi connectivity index (χ1) is 6.63. The van der Waals surface area contributed by atoms with Crippen LogP contribution in [0.2, 0.25) is 0 Å². The Hall–Kier alpha value is -1.77. The Morgan fingerprint density at radius 2 is 2.29 bits per heavy atom. The number of benzene rings is 1. The zero-order valence-electron chi connectivity index (χ0n) is 8.03. The highest BCUT2D eigenvalue weighted by molar-refractivity contribution is 5.85. The molecular formula is C11H13NO2. The van der Waals surface area contributed by atoms with Gasteiger partial charge in [0, 0.05) is 11.8 Å². The number of nitrogen functional groups attached to an aromatic ring is 1. The molecule has 0 bridgehead atoms. The van der Waals surface area contributed by atoms with Crippen molar-refractivity contribution >= 4 is 17.7 Å². The number of carboxylic acid groups (broad SMARTS) is 1. The van der Waals surface area contributed by atoms with E-state index in [2.05, 4.69) is 0 Å². The maximum absolute atomic E-state index is 10.3. The van der Waals surface area contributed by atoms with Gasteiger partial charge in [-0.15, -0.1) is 0 Å². The summed E-state index contributed by atoms with van der Waals surface area (Å²) in [6.45, 7) is 2.01. The van der Waals surface area contributed by atoms with Gasteiger partial charge in [0.15, 0.2) is 0 Å². The summed E-state index contributed by atoms with van der Waals surface area (Å²) in [5.41, 5.74) is 8.29. The fourth-order valence-corrected chi connectivity index (χ4v) is 1.26. The standard InChI is InChI=1S/C11H13NO2/c1-2-8-7-10(12)5-3-9(8)4-6-11(13)14/h3-7H,2,12H2,1H3,(H,13,14)/b6-4+. The van der Waals surface area contributed by atoms with Crippen molar-refractivity contribution in [3.05, 3.63) is 35.4 Å². The molecule has 0 unspecified atom stereocenters. The van der Waals surface area contributed by atoms with Gasteiger partial charge in [-0.25, -0.2) is 4.79 Å². The number of nitrogens with two attached hydrogens (primary N) is 1. The Kier molecular flexibility index (Phi) is 3.29. The van der Waals surface area contributed by atoms with Crippen LogP contribution in [0.4, 0.5) is 5.69 Å². The zero-order chi connectivity index (χ0) is 10.6. The summed E-state index contributed by atoms with van der Waals surface area (Å²) in [6, 6.07) is 5.45. The number of rotatable bonds is 3. The van der Waals surface area contributed by atoms with E-state index in [0.717, 1.165) is 23.6 Å². The van der Waals surface area contributed by atoms with E-state index < -0.39 is 5.97 Å². The molecule has 0 aromatic heterocycles. The average Bonchev–Trinajstić information content (AvgIpc) is 2.15. The van der Waals surface area contributed by atoms with Gasteiger partial charge in [0.1, 0.15) is 0 Å². The maximum atomic E-state index is 10.3. The second-order valence-electron chi connectivity index (χ2n) is 2.98. The molecule has 0 heterocycles. The third-order valence-corrected chi connectivity index (χ3v) is 1.95. The summed E-state index contributed by atoms with van der Waals surface area (Å²) in [7, 11) is 0. The van der Waals surface area contributed by atoms with Crippen LogP contribution in [0, 0.1) is 0 Å². The highest BCUT2D eigenvalue weighted by atomic mass is 16.4. The van der Waals surface area contributed by atoms with Gasteiger partial charge >= 0.3 is 5.97 Å². The molecule has 0 aliphatic rings. The molecule has 3 N–H and O–H groups in total. The Morgan fingerprint density at radius 3 is 2.86 bits per heavy atom. The molecule has 0 spiro atoms. The lowest BCUT2D eigenvalue weighted by Crippen LogP contribution is -1.92. The normalized spacial score (nSPS) is 10.6. The number of aryl methyl sites for hydroxylation is 1. The number of hydrogen-bond acceptors (Lipinski definition) is 2. The van der Waals surface area contributed by atoms with Crippen molar-refractivity contribution in [2.24, 2.45) is 0 Å². The Bertz CT molecular complexity index is 370. The summed E-state index contributed by atoms with van der Waals surface area (Å²) in [4.78, 5) is 10.3. The second-order valence-corrected chi connectivity index (χ2v) is 2.98. The van der Waals surface area contributed by atoms with Crippen molar-refractivity contribution in [3.63, 3.8) is 0 Å². The second kappa shape index (κ2) is 4.46. The van der Waals surface area contributed by atoms with Crippen molar-refractivity contribution in [2.45, 2.75) is 13.3 Å². The quantitative estimate of drug-likeness (QED) is 0.566. The van der Waals surface area contributed by atoms with E-state index in [1.807, 2.05) is 19.1 Å². The van der Waals surface area contributed by atoms with Crippen LogP contribution in [0.5, 0.6) is 0 Å². The van der Waals surface area contributed by atoms with E-state index >= 15 is 0 Å². The van der Waals surface area contributed by atoms with Crippen LogP contribution < -0.4 is 5.73 Å². The van der Waals surface area contributed by atoms with Crippen molar-refractivity contribution in [2.75, 3.05) is 5.73 Å². The molecule has 0 amide bonds. The highest BCUT2D eigenvalue weighted by Crippen LogP contribution is 2.15. The number of carboxylic acids is 1. The molecule has 0 radical (unpaired) electrons. The molecule has 0 saturated heterocycles. The van der Waals surface area contributed by atoms with Gasteiger partial charge in [-0.3, -0.25) is 0 Å². The first kappa shape index (κ1) is 10.3. The lowest BCUT2D eigenvalue weighted by Gasteiger charge is -2.03. The Morgan fingerprint density at radius 1 is 1.57 bits per heavy atom. The van der Waals surface area contributed by atoms with Crippen LogP contribution in [0.25, 0.3) is 6.08 Å². The predicted octanol–water partition coefficient (Wildman–Crippen LogP) is 1.93. The number of carbonyl (C=O) groups is 1. The molecule has 0 aliphatic carbocycles. The summed E-state index contributed by atoms with van der Waals surface area (Å²) in [5, 5.41) is 8.48. The van der Waals surface area contributed by atoms with Gasteiger partial charge in [-0.2, -0.15) is 0 Å². The van der Waals surface area contributed by atoms with Crippen molar-refractivity contribution < 1.29 is 9.90 Å². The molecule has 0 atom stereocenters. The molecule has 14 heavy (non-hydrogen) atoms. The fourth-order valence-electron chi connectivity index (χ4n) is 1.26. The van der Waals surface area contributed by atoms with Crippen LogP contribution in [0.3, 0.4) is 0 Å². The molecule has 3 nitrogen and oxygen atoms in total. The third-order valence-electron chi connectivity index (χ3n) is 1.95. The average molecular weight is 191 g/mol. The summed E-state index contributed by atoms with van der Waals surface area (Å²) >= 11 is 0. The van der Waals surface area contributed by atoms with Crippen LogP contribution in [-0.2, 0) is 11.2 Å². The highest BCUT2D eigenvalue weighted by Gasteiger charge is 1.98. The summed E-state index contributed by atoms with van der Waals surface area (Å²) < 4.78 is 0. The van der Waals surface area contributed by atoms with Gasteiger partial charge in [0.2, 0.25) is 0 Å². The van der Waals surface area contributed by atoms with Crippen LogP contribution in [0.15, 0.2) is 24.3 Å². The number of anilines is 1. The molecule has 0 fully saturated rings. The van der Waals surface area contributed by atoms with E-state index in [0.29, 0.717) is 5.69 Å². The van der Waals surface area contributed by atoms with Gasteiger partial charge in [0.25, 0.3) is 0 Å². The van der Waals surface area contributed by atoms with Crippen molar-refractivity contribution in [1.82, 2.24) is 0 Å². The van der Waals surface area contributed by atoms with E-state index in [9.17, 15) is 4.79 Å². The van der Waals surface area contributed by atoms with E-state index in [-0.39, 0.29) is 0 Å². The van der Waals surface area contributed by atoms with E-state index in [4.69, 9.17) is 10.8 Å². The third kappa shape index (κ3) is 2.62. The van der Waals surface area contributed by atoms with Gasteiger partial charge in [0.05, 0.1) is 0 Å². The minimum Gasteiger partial charge on any atom is -0.478 e. The minimum atomic E-state index is -0.941. The van der Waals surface area contributed by atoms with E-state index in [1.54, 1.807) is 12.1 Å². The predicted molar refractivity (Wildman–Crippen MR) is 56.9 cm³/mol. The molecule has 1 aromatic carbocycles. The Labute approximate surface area is 82.9 Å². The molecule has 1 aromatic rings. The Balaban J connectivity index is 3.02. The first-order valence-corrected chi connectivity index (χ1v) is 4.43. The topological polar surface area (TPSA) is 63.3 Å². The SMILES string of the molecule is CCc1cc(N)ccc1/C=C/C(=O)O. The molecule has 74 valence electrons. The van der Waals surface area contributed by atoms with Gasteiger partial charge < -0.3 is 10.8 Å². The molecular weight excluding hydrogens is 178 g/mol.